The van der Waals surface area contributed by atoms with Gasteiger partial charge in [0.25, 0.3) is 0 Å². The molecular weight excluding hydrogens is 322 g/mol. The van der Waals surface area contributed by atoms with Gasteiger partial charge < -0.3 is 10.4 Å². The molecule has 3 amide bonds. The third kappa shape index (κ3) is 5.15. The van der Waals surface area contributed by atoms with Gasteiger partial charge in [0.15, 0.2) is 0 Å². The molecule has 0 saturated heterocycles. The first kappa shape index (κ1) is 18.2. The first-order valence-electron chi connectivity index (χ1n) is 7.72. The van der Waals surface area contributed by atoms with Crippen LogP contribution in [0.15, 0.2) is 60.7 Å². The number of aliphatic hydroxyl groups is 1. The van der Waals surface area contributed by atoms with E-state index in [1.807, 2.05) is 60.7 Å². The Balaban J connectivity index is 2.09. The van der Waals surface area contributed by atoms with Crippen LogP contribution in [0, 0.1) is 0 Å². The Morgan fingerprint density at radius 1 is 0.800 bits per heavy atom. The van der Waals surface area contributed by atoms with Crippen molar-refractivity contribution in [3.05, 3.63) is 71.8 Å². The van der Waals surface area contributed by atoms with Crippen LogP contribution < -0.4 is 16.2 Å². The molecule has 130 valence electrons. The predicted octanol–water partition coefficient (Wildman–Crippen LogP) is 0.0744. The number of hydrogen-bond acceptors (Lipinski definition) is 4. The van der Waals surface area contributed by atoms with Crippen molar-refractivity contribution in [2.45, 2.75) is 5.92 Å². The minimum atomic E-state index is -1.01. The maximum atomic E-state index is 12.6. The van der Waals surface area contributed by atoms with E-state index < -0.39 is 23.6 Å². The number of benzene rings is 2. The first-order chi connectivity index (χ1) is 12.1. The molecule has 0 bridgehead atoms. The summed E-state index contributed by atoms with van der Waals surface area (Å²) in [6.07, 6.45) is 0. The van der Waals surface area contributed by atoms with Crippen molar-refractivity contribution in [2.75, 3.05) is 13.2 Å². The predicted molar refractivity (Wildman–Crippen MR) is 91.1 cm³/mol. The summed E-state index contributed by atoms with van der Waals surface area (Å²) >= 11 is 0. The van der Waals surface area contributed by atoms with Gasteiger partial charge in [-0.1, -0.05) is 60.7 Å². The van der Waals surface area contributed by atoms with E-state index >= 15 is 0 Å². The van der Waals surface area contributed by atoms with Crippen molar-refractivity contribution in [1.82, 2.24) is 16.2 Å². The van der Waals surface area contributed by atoms with E-state index in [4.69, 9.17) is 5.11 Å². The van der Waals surface area contributed by atoms with Crippen LogP contribution in [0.2, 0.25) is 0 Å². The van der Waals surface area contributed by atoms with Crippen molar-refractivity contribution in [2.24, 2.45) is 0 Å². The average molecular weight is 341 g/mol. The van der Waals surface area contributed by atoms with E-state index in [0.29, 0.717) is 0 Å². The van der Waals surface area contributed by atoms with Crippen LogP contribution in [-0.2, 0) is 14.4 Å². The molecule has 0 saturated carbocycles. The largest absolute Gasteiger partial charge is 0.395 e. The highest BCUT2D eigenvalue weighted by atomic mass is 16.3. The SMILES string of the molecule is O=C(NCCO)C(=O)NNC(=O)C(c1ccccc1)c1ccccc1. The lowest BCUT2D eigenvalue weighted by Gasteiger charge is -2.18. The second-order valence-corrected chi connectivity index (χ2v) is 5.18. The van der Waals surface area contributed by atoms with E-state index in [9.17, 15) is 14.4 Å². The van der Waals surface area contributed by atoms with E-state index in [1.165, 1.54) is 0 Å². The van der Waals surface area contributed by atoms with E-state index in [2.05, 4.69) is 16.2 Å². The number of carbonyl (C=O) groups excluding carboxylic acids is 3. The Bertz CT molecular complexity index is 680. The Labute approximate surface area is 145 Å². The van der Waals surface area contributed by atoms with Crippen LogP contribution in [0.5, 0.6) is 0 Å². The van der Waals surface area contributed by atoms with Gasteiger partial charge in [0.05, 0.1) is 12.5 Å². The molecule has 0 radical (unpaired) electrons. The highest BCUT2D eigenvalue weighted by molar-refractivity contribution is 6.35. The molecule has 0 fully saturated rings. The number of hydrazine groups is 1. The van der Waals surface area contributed by atoms with Gasteiger partial charge in [-0.05, 0) is 11.1 Å². The number of rotatable bonds is 5. The number of hydrogen-bond donors (Lipinski definition) is 4. The van der Waals surface area contributed by atoms with Crippen molar-refractivity contribution in [3.63, 3.8) is 0 Å². The third-order valence-corrected chi connectivity index (χ3v) is 3.43. The normalized spacial score (nSPS) is 10.2. The van der Waals surface area contributed by atoms with Gasteiger partial charge in [0, 0.05) is 6.54 Å². The molecule has 0 spiro atoms. The van der Waals surface area contributed by atoms with E-state index in [0.717, 1.165) is 11.1 Å². The molecule has 2 aromatic rings. The molecule has 0 atom stereocenters. The second kappa shape index (κ2) is 9.19. The lowest BCUT2D eigenvalue weighted by Crippen LogP contribution is -2.50. The van der Waals surface area contributed by atoms with E-state index in [-0.39, 0.29) is 13.2 Å². The number of nitrogens with one attached hydrogen (secondary N) is 3. The summed E-state index contributed by atoms with van der Waals surface area (Å²) in [5, 5.41) is 10.8. The summed E-state index contributed by atoms with van der Waals surface area (Å²) < 4.78 is 0. The Morgan fingerprint density at radius 3 is 1.80 bits per heavy atom. The Morgan fingerprint density at radius 2 is 1.32 bits per heavy atom. The lowest BCUT2D eigenvalue weighted by atomic mass is 9.91. The van der Waals surface area contributed by atoms with Crippen molar-refractivity contribution >= 4 is 17.7 Å². The van der Waals surface area contributed by atoms with Crippen molar-refractivity contribution < 1.29 is 19.5 Å². The summed E-state index contributed by atoms with van der Waals surface area (Å²) in [5.74, 6) is -3.06. The second-order valence-electron chi connectivity index (χ2n) is 5.18. The molecule has 0 aliphatic carbocycles. The smallest absolute Gasteiger partial charge is 0.327 e. The van der Waals surface area contributed by atoms with Crippen molar-refractivity contribution in [3.8, 4) is 0 Å². The molecule has 2 aromatic carbocycles. The molecule has 2 rings (SSSR count). The molecule has 7 nitrogen and oxygen atoms in total. The summed E-state index contributed by atoms with van der Waals surface area (Å²) in [4.78, 5) is 35.7. The third-order valence-electron chi connectivity index (χ3n) is 3.43. The molecule has 0 unspecified atom stereocenters. The van der Waals surface area contributed by atoms with Gasteiger partial charge >= 0.3 is 11.8 Å². The van der Waals surface area contributed by atoms with Crippen LogP contribution in [0.4, 0.5) is 0 Å². The number of amides is 3. The van der Waals surface area contributed by atoms with Gasteiger partial charge in [-0.15, -0.1) is 0 Å². The van der Waals surface area contributed by atoms with Crippen LogP contribution in [0.3, 0.4) is 0 Å². The summed E-state index contributed by atoms with van der Waals surface area (Å²) in [6.45, 7) is -0.327. The fourth-order valence-corrected chi connectivity index (χ4v) is 2.28. The Hall–Kier alpha value is -3.19. The van der Waals surface area contributed by atoms with Crippen molar-refractivity contribution in [1.29, 1.82) is 0 Å². The Kier molecular flexibility index (Phi) is 6.67. The average Bonchev–Trinajstić information content (AvgIpc) is 2.66. The quantitative estimate of drug-likeness (QED) is 0.456. The highest BCUT2D eigenvalue weighted by Crippen LogP contribution is 2.24. The number of carbonyl (C=O) groups is 3. The number of aliphatic hydroxyl groups excluding tert-OH is 1. The molecule has 0 heterocycles. The maximum Gasteiger partial charge on any atom is 0.327 e. The molecule has 25 heavy (non-hydrogen) atoms. The zero-order valence-electron chi connectivity index (χ0n) is 13.4. The zero-order chi connectivity index (χ0) is 18.1. The summed E-state index contributed by atoms with van der Waals surface area (Å²) in [5.41, 5.74) is 5.86. The molecule has 0 aliphatic heterocycles. The van der Waals surface area contributed by atoms with Gasteiger partial charge in [-0.2, -0.15) is 0 Å². The fourth-order valence-electron chi connectivity index (χ4n) is 2.28. The summed E-state index contributed by atoms with van der Waals surface area (Å²) in [7, 11) is 0. The molecule has 0 aromatic heterocycles. The topological polar surface area (TPSA) is 108 Å². The van der Waals surface area contributed by atoms with Crippen LogP contribution in [-0.4, -0.2) is 36.0 Å². The van der Waals surface area contributed by atoms with Crippen LogP contribution >= 0.6 is 0 Å². The van der Waals surface area contributed by atoms with Crippen LogP contribution in [0.25, 0.3) is 0 Å². The van der Waals surface area contributed by atoms with Gasteiger partial charge in [-0.25, -0.2) is 0 Å². The molecule has 0 aliphatic rings. The van der Waals surface area contributed by atoms with Gasteiger partial charge in [-0.3, -0.25) is 25.2 Å². The standard InChI is InChI=1S/C18H19N3O4/c22-12-11-19-17(24)18(25)21-20-16(23)15(13-7-3-1-4-8-13)14-9-5-2-6-10-14/h1-10,15,22H,11-12H2,(H,19,24)(H,20,23)(H,21,25). The molecule has 7 heteroatoms. The maximum absolute atomic E-state index is 12.6. The van der Waals surface area contributed by atoms with E-state index in [1.54, 1.807) is 0 Å². The van der Waals surface area contributed by atoms with Gasteiger partial charge in [0.2, 0.25) is 5.91 Å². The monoisotopic (exact) mass is 341 g/mol. The minimum absolute atomic E-state index is 0.0448. The highest BCUT2D eigenvalue weighted by Gasteiger charge is 2.23. The first-order valence-corrected chi connectivity index (χ1v) is 7.72. The summed E-state index contributed by atoms with van der Waals surface area (Å²) in [6, 6.07) is 18.2. The zero-order valence-corrected chi connectivity index (χ0v) is 13.4. The minimum Gasteiger partial charge on any atom is -0.395 e. The van der Waals surface area contributed by atoms with Gasteiger partial charge in [0.1, 0.15) is 0 Å². The fraction of sp³-hybridized carbons (Fsp3) is 0.167. The molecular formula is C18H19N3O4. The molecule has 4 N–H and O–H groups in total. The lowest BCUT2D eigenvalue weighted by molar-refractivity contribution is -0.141. The van der Waals surface area contributed by atoms with Crippen LogP contribution in [0.1, 0.15) is 17.0 Å².